The van der Waals surface area contributed by atoms with Gasteiger partial charge in [-0.3, -0.25) is 9.59 Å². The molecule has 0 saturated carbocycles. The number of amides is 2. The summed E-state index contributed by atoms with van der Waals surface area (Å²) in [6.07, 6.45) is -2.99. The van der Waals surface area contributed by atoms with Gasteiger partial charge in [-0.05, 0) is 44.2 Å². The van der Waals surface area contributed by atoms with Crippen LogP contribution < -0.4 is 10.1 Å². The SMILES string of the molecule is Cc1ccc(OCCCC(=O)NCC2CCN(C(=O)C(F)(F)F)CC2)cc1. The van der Waals surface area contributed by atoms with E-state index in [4.69, 9.17) is 4.74 Å². The number of alkyl halides is 3. The van der Waals surface area contributed by atoms with Crippen molar-refractivity contribution in [1.82, 2.24) is 10.2 Å². The molecule has 2 amide bonds. The molecule has 0 aromatic heterocycles. The summed E-state index contributed by atoms with van der Waals surface area (Å²) >= 11 is 0. The smallest absolute Gasteiger partial charge is 0.471 e. The highest BCUT2D eigenvalue weighted by Crippen LogP contribution is 2.23. The van der Waals surface area contributed by atoms with Gasteiger partial charge in [0, 0.05) is 26.1 Å². The molecule has 0 radical (unpaired) electrons. The highest BCUT2D eigenvalue weighted by molar-refractivity contribution is 5.81. The number of nitrogens with one attached hydrogen (secondary N) is 1. The predicted octanol–water partition coefficient (Wildman–Crippen LogP) is 3.07. The molecule has 0 bridgehead atoms. The summed E-state index contributed by atoms with van der Waals surface area (Å²) in [5.41, 5.74) is 1.15. The van der Waals surface area contributed by atoms with Gasteiger partial charge in [-0.15, -0.1) is 0 Å². The lowest BCUT2D eigenvalue weighted by molar-refractivity contribution is -0.186. The standard InChI is InChI=1S/C19H25F3N2O3/c1-14-4-6-16(7-5-14)27-12-2-3-17(25)23-13-15-8-10-24(11-9-15)18(26)19(20,21)22/h4-7,15H,2-3,8-13H2,1H3,(H,23,25). The first kappa shape index (κ1) is 21.1. The van der Waals surface area contributed by atoms with Gasteiger partial charge in [0.05, 0.1) is 6.61 Å². The number of aryl methyl sites for hydroxylation is 1. The van der Waals surface area contributed by atoms with E-state index in [2.05, 4.69) is 5.32 Å². The van der Waals surface area contributed by atoms with Crippen LogP contribution in [0.25, 0.3) is 0 Å². The minimum atomic E-state index is -4.82. The first-order valence-electron chi connectivity index (χ1n) is 9.08. The maximum atomic E-state index is 12.4. The van der Waals surface area contributed by atoms with Crippen LogP contribution in [0.3, 0.4) is 0 Å². The molecule has 27 heavy (non-hydrogen) atoms. The van der Waals surface area contributed by atoms with Crippen molar-refractivity contribution in [3.05, 3.63) is 29.8 Å². The number of carbonyl (C=O) groups excluding carboxylic acids is 2. The van der Waals surface area contributed by atoms with Crippen molar-refractivity contribution in [3.8, 4) is 5.75 Å². The number of ether oxygens (including phenoxy) is 1. The van der Waals surface area contributed by atoms with Crippen molar-refractivity contribution >= 4 is 11.8 Å². The van der Waals surface area contributed by atoms with Crippen LogP contribution >= 0.6 is 0 Å². The molecule has 5 nitrogen and oxygen atoms in total. The van der Waals surface area contributed by atoms with E-state index in [1.165, 1.54) is 0 Å². The molecule has 1 N–H and O–H groups in total. The Morgan fingerprint density at radius 1 is 1.19 bits per heavy atom. The summed E-state index contributed by atoms with van der Waals surface area (Å²) < 4.78 is 42.8. The first-order valence-corrected chi connectivity index (χ1v) is 9.08. The average Bonchev–Trinajstić information content (AvgIpc) is 2.64. The van der Waals surface area contributed by atoms with E-state index in [-0.39, 0.29) is 24.9 Å². The molecular weight excluding hydrogens is 361 g/mol. The third-order valence-corrected chi connectivity index (χ3v) is 4.57. The Hall–Kier alpha value is -2.25. The second-order valence-corrected chi connectivity index (χ2v) is 6.80. The highest BCUT2D eigenvalue weighted by Gasteiger charge is 2.43. The Labute approximate surface area is 156 Å². The fourth-order valence-corrected chi connectivity index (χ4v) is 2.92. The van der Waals surface area contributed by atoms with Crippen molar-refractivity contribution in [2.75, 3.05) is 26.2 Å². The van der Waals surface area contributed by atoms with Crippen LogP contribution in [0.15, 0.2) is 24.3 Å². The third-order valence-electron chi connectivity index (χ3n) is 4.57. The number of carbonyl (C=O) groups is 2. The lowest BCUT2D eigenvalue weighted by Crippen LogP contribution is -2.46. The number of rotatable bonds is 7. The fraction of sp³-hybridized carbons (Fsp3) is 0.579. The first-order chi connectivity index (χ1) is 12.8. The lowest BCUT2D eigenvalue weighted by Gasteiger charge is -2.32. The zero-order valence-electron chi connectivity index (χ0n) is 15.3. The van der Waals surface area contributed by atoms with E-state index in [1.54, 1.807) is 0 Å². The molecule has 1 fully saturated rings. The molecule has 1 aromatic carbocycles. The van der Waals surface area contributed by atoms with Gasteiger partial charge >= 0.3 is 12.1 Å². The highest BCUT2D eigenvalue weighted by atomic mass is 19.4. The number of benzene rings is 1. The van der Waals surface area contributed by atoms with Crippen LogP contribution in [0.2, 0.25) is 0 Å². The molecule has 0 spiro atoms. The van der Waals surface area contributed by atoms with Crippen LogP contribution in [-0.4, -0.2) is 49.1 Å². The van der Waals surface area contributed by atoms with Gasteiger partial charge in [0.15, 0.2) is 0 Å². The van der Waals surface area contributed by atoms with Crippen molar-refractivity contribution in [1.29, 1.82) is 0 Å². The van der Waals surface area contributed by atoms with E-state index in [9.17, 15) is 22.8 Å². The maximum Gasteiger partial charge on any atom is 0.471 e. The summed E-state index contributed by atoms with van der Waals surface area (Å²) in [4.78, 5) is 23.9. The zero-order chi connectivity index (χ0) is 19.9. The molecule has 1 aromatic rings. The number of likely N-dealkylation sites (tertiary alicyclic amines) is 1. The number of halogens is 3. The molecule has 0 aliphatic carbocycles. The van der Waals surface area contributed by atoms with Crippen molar-refractivity contribution in [2.24, 2.45) is 5.92 Å². The monoisotopic (exact) mass is 386 g/mol. The molecule has 8 heteroatoms. The molecule has 1 heterocycles. The van der Waals surface area contributed by atoms with Crippen LogP contribution in [0.4, 0.5) is 13.2 Å². The van der Waals surface area contributed by atoms with Crippen molar-refractivity contribution in [3.63, 3.8) is 0 Å². The number of piperidine rings is 1. The van der Waals surface area contributed by atoms with Gasteiger partial charge in [0.25, 0.3) is 0 Å². The maximum absolute atomic E-state index is 12.4. The Morgan fingerprint density at radius 2 is 1.81 bits per heavy atom. The summed E-state index contributed by atoms with van der Waals surface area (Å²) in [5.74, 6) is -1.02. The Balaban J connectivity index is 1.57. The fourth-order valence-electron chi connectivity index (χ4n) is 2.92. The minimum absolute atomic E-state index is 0.0727. The Kier molecular flexibility index (Phi) is 7.50. The van der Waals surface area contributed by atoms with Crippen LogP contribution in [-0.2, 0) is 9.59 Å². The predicted molar refractivity (Wildman–Crippen MR) is 94.3 cm³/mol. The van der Waals surface area contributed by atoms with Crippen molar-refractivity contribution < 1.29 is 27.5 Å². The van der Waals surface area contributed by atoms with Gasteiger partial charge in [-0.25, -0.2) is 0 Å². The normalized spacial score (nSPS) is 15.5. The van der Waals surface area contributed by atoms with Gasteiger partial charge in [0.2, 0.25) is 5.91 Å². The lowest BCUT2D eigenvalue weighted by atomic mass is 9.96. The van der Waals surface area contributed by atoms with Crippen molar-refractivity contribution in [2.45, 2.75) is 38.8 Å². The van der Waals surface area contributed by atoms with E-state index in [0.29, 0.717) is 38.8 Å². The molecular formula is C19H25F3N2O3. The molecule has 1 aliphatic heterocycles. The van der Waals surface area contributed by atoms with E-state index in [1.807, 2.05) is 31.2 Å². The van der Waals surface area contributed by atoms with Crippen LogP contribution in [0.5, 0.6) is 5.75 Å². The number of nitrogens with zero attached hydrogens (tertiary/aromatic N) is 1. The second-order valence-electron chi connectivity index (χ2n) is 6.80. The Bertz CT molecular complexity index is 624. The quantitative estimate of drug-likeness (QED) is 0.733. The zero-order valence-corrected chi connectivity index (χ0v) is 15.3. The molecule has 150 valence electrons. The van der Waals surface area contributed by atoms with Crippen LogP contribution in [0, 0.1) is 12.8 Å². The summed E-state index contributed by atoms with van der Waals surface area (Å²) in [7, 11) is 0. The molecule has 0 atom stereocenters. The second kappa shape index (κ2) is 9.62. The average molecular weight is 386 g/mol. The van der Waals surface area contributed by atoms with Gasteiger partial charge in [0.1, 0.15) is 5.75 Å². The molecule has 1 saturated heterocycles. The van der Waals surface area contributed by atoms with Gasteiger partial charge in [-0.1, -0.05) is 17.7 Å². The molecule has 0 unspecified atom stereocenters. The van der Waals surface area contributed by atoms with E-state index in [0.717, 1.165) is 16.2 Å². The molecule has 1 aliphatic rings. The number of hydrogen-bond donors (Lipinski definition) is 1. The summed E-state index contributed by atoms with van der Waals surface area (Å²) in [6.45, 7) is 3.00. The summed E-state index contributed by atoms with van der Waals surface area (Å²) in [6, 6.07) is 7.67. The number of hydrogen-bond acceptors (Lipinski definition) is 3. The van der Waals surface area contributed by atoms with Crippen LogP contribution in [0.1, 0.15) is 31.2 Å². The van der Waals surface area contributed by atoms with Gasteiger partial charge in [-0.2, -0.15) is 13.2 Å². The van der Waals surface area contributed by atoms with E-state index >= 15 is 0 Å². The Morgan fingerprint density at radius 3 is 2.41 bits per heavy atom. The molecule has 2 rings (SSSR count). The van der Waals surface area contributed by atoms with Gasteiger partial charge < -0.3 is 15.0 Å². The largest absolute Gasteiger partial charge is 0.494 e. The minimum Gasteiger partial charge on any atom is -0.494 e. The van der Waals surface area contributed by atoms with E-state index < -0.39 is 12.1 Å². The third kappa shape index (κ3) is 7.11. The topological polar surface area (TPSA) is 58.6 Å². The summed E-state index contributed by atoms with van der Waals surface area (Å²) in [5, 5.41) is 2.81.